The van der Waals surface area contributed by atoms with E-state index in [1.807, 2.05) is 115 Å². The van der Waals surface area contributed by atoms with Crippen LogP contribution in [0.5, 0.6) is 0 Å². The summed E-state index contributed by atoms with van der Waals surface area (Å²) in [6.07, 6.45) is 37.4. The summed E-state index contributed by atoms with van der Waals surface area (Å²) < 4.78 is 21.4. The maximum atomic E-state index is 10.9. The standard InChI is InChI=1S/C21H23N7.C21H22N6.C15H26BN3O2.C15H19N5O.C6H5IN2O.C6H8N2/c1-27-8-6-16(7-9-27)28-13-15(12-24-28)14-10-17(20(22)23-11-14)21-25-18-4-2-3-5-19(18)26-21;22-20-17(21-25-18-8-4-5-9-19(18)26-21)10-14(11-23-20)15-12-24-27(13-15)16-6-2-1-3-7-16;1-14(2)15(3,4)21-16(20-14)12-10-17-19(11-12)13-6-8-18(5)9-7-13;1-19-4-2-14(3-5-19)20-9-13(8-18-20)11-6-12(10-21)15(16)17-7-11;7-5-1-4(3-10)6(8)9-2-5;7-5-3-1-2-4-6(5)8/h2-5,10-13,16H,6-9H2,1H3,(H2,22,23)(H,25,26);4-5,8-13,16H,1-3,6-7H2,(H2,22,23)(H,25,26);10-11,13H,6-9H2,1-5H3;6-10,14H,2-5H2,1H3,(H2,16,17);1-3H,(H2,8,9);1-4H,7-8H2. The number of anilines is 6. The number of fused-ring (bicyclic) bond motifs is 2. The summed E-state index contributed by atoms with van der Waals surface area (Å²) in [6.45, 7) is 15.0. The number of piperidine rings is 3. The number of nitrogens with one attached hydrogen (secondary N) is 2. The molecule has 3 aromatic carbocycles. The van der Waals surface area contributed by atoms with E-state index in [-0.39, 0.29) is 30.0 Å². The Balaban J connectivity index is 0.000000125. The van der Waals surface area contributed by atoms with Gasteiger partial charge in [0.25, 0.3) is 0 Å². The highest BCUT2D eigenvalue weighted by Gasteiger charge is 2.52. The predicted molar refractivity (Wildman–Crippen MR) is 465 cm³/mol. The van der Waals surface area contributed by atoms with Gasteiger partial charge in [-0.05, 0) is 223 Å². The quantitative estimate of drug-likeness (QED) is 0.0244. The summed E-state index contributed by atoms with van der Waals surface area (Å²) in [4.78, 5) is 60.9. The molecule has 0 bridgehead atoms. The average Bonchev–Trinajstić information content (AvgIpc) is 1.62. The fraction of sp³-hybridized carbons (Fsp3) is 0.357. The first-order chi connectivity index (χ1) is 55.4. The monoisotopic (exact) mass is 1660 g/mol. The smallest absolute Gasteiger partial charge is 0.399 e. The van der Waals surface area contributed by atoms with Crippen molar-refractivity contribution in [3.63, 3.8) is 0 Å². The molecule has 1 aliphatic carbocycles. The van der Waals surface area contributed by atoms with Crippen LogP contribution in [0.2, 0.25) is 0 Å². The summed E-state index contributed by atoms with van der Waals surface area (Å²) >= 11 is 2.07. The van der Waals surface area contributed by atoms with Gasteiger partial charge in [-0.25, -0.2) is 29.9 Å². The molecule has 29 nitrogen and oxygen atoms in total. The number of aromatic nitrogens is 16. The van der Waals surface area contributed by atoms with Crippen molar-refractivity contribution in [1.29, 1.82) is 0 Å². The Hall–Kier alpha value is -11.2. The zero-order valence-electron chi connectivity index (χ0n) is 66.3. The molecule has 5 aliphatic rings. The minimum absolute atomic E-state index is 0.261. The van der Waals surface area contributed by atoms with Crippen LogP contribution in [-0.4, -0.2) is 185 Å². The number of nitrogens with two attached hydrogens (primary N) is 6. The predicted octanol–water partition coefficient (Wildman–Crippen LogP) is 12.9. The van der Waals surface area contributed by atoms with E-state index in [1.165, 1.54) is 32.1 Å². The number of halogens is 1. The molecular weight excluding hydrogens is 1560 g/mol. The zero-order chi connectivity index (χ0) is 80.9. The fourth-order valence-electron chi connectivity index (χ4n) is 14.5. The first-order valence-corrected chi connectivity index (χ1v) is 40.2. The first kappa shape index (κ1) is 81.8. The van der Waals surface area contributed by atoms with Gasteiger partial charge in [0.1, 0.15) is 34.9 Å². The number of aromatic amines is 2. The van der Waals surface area contributed by atoms with Crippen LogP contribution < -0.4 is 39.9 Å². The molecule has 14 N–H and O–H groups in total. The van der Waals surface area contributed by atoms with Crippen molar-refractivity contribution in [3.8, 4) is 56.2 Å². The lowest BCUT2D eigenvalue weighted by Crippen LogP contribution is -2.41. The molecule has 14 heterocycles. The Kier molecular flexibility index (Phi) is 26.3. The molecule has 18 rings (SSSR count). The minimum Gasteiger partial charge on any atom is -0.399 e. The normalized spacial score (nSPS) is 16.9. The van der Waals surface area contributed by atoms with Crippen molar-refractivity contribution < 1.29 is 18.9 Å². The topological polar surface area (TPSA) is 399 Å². The van der Waals surface area contributed by atoms with Crippen LogP contribution in [-0.2, 0) is 9.31 Å². The lowest BCUT2D eigenvalue weighted by molar-refractivity contribution is 0.00578. The number of nitrogens with zero attached hydrogens (tertiary/aromatic N) is 17. The van der Waals surface area contributed by atoms with Crippen molar-refractivity contribution in [2.24, 2.45) is 0 Å². The van der Waals surface area contributed by atoms with Gasteiger partial charge in [0, 0.05) is 98.2 Å². The van der Waals surface area contributed by atoms with E-state index in [0.29, 0.717) is 64.6 Å². The van der Waals surface area contributed by atoms with Gasteiger partial charge in [-0.1, -0.05) is 55.7 Å². The molecule has 13 aromatic rings. The van der Waals surface area contributed by atoms with Gasteiger partial charge in [-0.3, -0.25) is 28.3 Å². The number of benzene rings is 3. The number of hydrogen-bond donors (Lipinski definition) is 8. The molecule has 10 aromatic heterocycles. The maximum Gasteiger partial charge on any atom is 0.498 e. The molecule has 31 heteroatoms. The number of carbonyl (C=O) groups excluding carboxylic acids is 2. The van der Waals surface area contributed by atoms with E-state index in [0.717, 1.165) is 171 Å². The fourth-order valence-corrected chi connectivity index (χ4v) is 14.9. The van der Waals surface area contributed by atoms with Crippen LogP contribution in [0.1, 0.15) is 143 Å². The number of nitrogen functional groups attached to an aromatic ring is 6. The number of carbonyl (C=O) groups is 2. The number of likely N-dealkylation sites (tertiary alicyclic amines) is 3. The summed E-state index contributed by atoms with van der Waals surface area (Å²) in [5, 5.41) is 18.2. The molecule has 0 amide bonds. The van der Waals surface area contributed by atoms with Crippen LogP contribution in [0.15, 0.2) is 171 Å². The molecule has 4 saturated heterocycles. The third-order valence-electron chi connectivity index (χ3n) is 22.3. The summed E-state index contributed by atoms with van der Waals surface area (Å²) in [7, 11) is 6.18. The van der Waals surface area contributed by atoms with Crippen molar-refractivity contribution in [1.82, 2.24) is 93.7 Å². The molecule has 4 aliphatic heterocycles. The lowest BCUT2D eigenvalue weighted by atomic mass is 9.82. The second-order valence-electron chi connectivity index (χ2n) is 31.1. The van der Waals surface area contributed by atoms with E-state index < -0.39 is 0 Å². The second-order valence-corrected chi connectivity index (χ2v) is 32.3. The highest BCUT2D eigenvalue weighted by atomic mass is 127. The number of hydrogen-bond acceptors (Lipinski definition) is 23. The van der Waals surface area contributed by atoms with Gasteiger partial charge < -0.3 is 68.4 Å². The average molecular weight is 1660 g/mol. The SMILES string of the molecule is CN1CCC(n2cc(-c3cnc(N)c(-c4nc5ccccc5[nH]4)c3)cn2)CC1.CN1CCC(n2cc(-c3cnc(N)c(C=O)c3)cn2)CC1.CN1CCC(n2cc(B3OC(C)(C)C(C)(C)O3)cn2)CC1.Nc1ccccc1N.Nc1ncc(-c2cnn(C3CCCCC3)c2)cc1-c1nc2ccccc2[nH]1.Nc1ncc(I)cc1C=O. The molecule has 0 unspecified atom stereocenters. The molecule has 115 heavy (non-hydrogen) atoms. The van der Waals surface area contributed by atoms with Crippen LogP contribution in [0.4, 0.5) is 34.6 Å². The highest BCUT2D eigenvalue weighted by molar-refractivity contribution is 14.1. The summed E-state index contributed by atoms with van der Waals surface area (Å²) in [5.74, 6) is 2.95. The van der Waals surface area contributed by atoms with Gasteiger partial charge in [-0.2, -0.15) is 20.4 Å². The summed E-state index contributed by atoms with van der Waals surface area (Å²) in [6, 6.07) is 32.6. The van der Waals surface area contributed by atoms with Gasteiger partial charge in [0.05, 0.1) is 110 Å². The van der Waals surface area contributed by atoms with Crippen molar-refractivity contribution in [2.75, 3.05) is 94.8 Å². The van der Waals surface area contributed by atoms with Crippen molar-refractivity contribution in [2.45, 2.75) is 134 Å². The van der Waals surface area contributed by atoms with E-state index >= 15 is 0 Å². The third kappa shape index (κ3) is 20.3. The molecule has 5 fully saturated rings. The number of para-hydroxylation sites is 6. The van der Waals surface area contributed by atoms with Crippen LogP contribution >= 0.6 is 22.6 Å². The summed E-state index contributed by atoms with van der Waals surface area (Å²) in [5.41, 5.74) is 48.0. The van der Waals surface area contributed by atoms with E-state index in [9.17, 15) is 9.59 Å². The van der Waals surface area contributed by atoms with Crippen molar-refractivity contribution in [3.05, 3.63) is 186 Å². The Morgan fingerprint density at radius 3 is 1.18 bits per heavy atom. The molecule has 0 spiro atoms. The van der Waals surface area contributed by atoms with Crippen molar-refractivity contribution >= 4 is 104 Å². The number of aldehydes is 2. The second kappa shape index (κ2) is 36.9. The molecule has 0 atom stereocenters. The van der Waals surface area contributed by atoms with E-state index in [1.54, 1.807) is 42.9 Å². The lowest BCUT2D eigenvalue weighted by Gasteiger charge is -2.32. The van der Waals surface area contributed by atoms with Gasteiger partial charge >= 0.3 is 7.12 Å². The maximum absolute atomic E-state index is 10.9. The molecule has 1 saturated carbocycles. The Labute approximate surface area is 683 Å². The Bertz CT molecular complexity index is 5300. The number of H-pyrrole nitrogens is 2. The largest absolute Gasteiger partial charge is 0.498 e. The Morgan fingerprint density at radius 2 is 0.783 bits per heavy atom. The van der Waals surface area contributed by atoms with Gasteiger partial charge in [0.15, 0.2) is 12.6 Å². The van der Waals surface area contributed by atoms with Gasteiger partial charge in [-0.15, -0.1) is 0 Å². The van der Waals surface area contributed by atoms with Crippen LogP contribution in [0.3, 0.4) is 0 Å². The van der Waals surface area contributed by atoms with Crippen LogP contribution in [0.25, 0.3) is 78.2 Å². The molecule has 0 radical (unpaired) electrons. The molecule has 598 valence electrons. The highest BCUT2D eigenvalue weighted by Crippen LogP contribution is 2.38. The van der Waals surface area contributed by atoms with Gasteiger partial charge in [0.2, 0.25) is 0 Å². The van der Waals surface area contributed by atoms with Crippen LogP contribution in [0, 0.1) is 3.57 Å². The first-order valence-electron chi connectivity index (χ1n) is 39.1. The Morgan fingerprint density at radius 1 is 0.426 bits per heavy atom. The number of imidazole rings is 2. The third-order valence-corrected chi connectivity index (χ3v) is 22.9. The minimum atomic E-state index is -0.310. The number of pyridine rings is 4. The van der Waals surface area contributed by atoms with E-state index in [4.69, 9.17) is 43.7 Å². The molecular formula is C84H103BIN25O4. The number of rotatable bonds is 12. The van der Waals surface area contributed by atoms with E-state index in [2.05, 4.69) is 179 Å². The zero-order valence-corrected chi connectivity index (χ0v) is 68.5.